The van der Waals surface area contributed by atoms with Crippen LogP contribution < -0.4 is 10.6 Å². The van der Waals surface area contributed by atoms with Gasteiger partial charge in [-0.3, -0.25) is 0 Å². The summed E-state index contributed by atoms with van der Waals surface area (Å²) in [7, 11) is 0. The zero-order valence-corrected chi connectivity index (χ0v) is 12.7. The molecule has 2 unspecified atom stereocenters. The van der Waals surface area contributed by atoms with Gasteiger partial charge in [0.05, 0.1) is 5.54 Å². The largest absolute Gasteiger partial charge is 0.380 e. The Morgan fingerprint density at radius 2 is 1.48 bits per heavy atom. The molecule has 2 aromatic rings. The Morgan fingerprint density at radius 3 is 2.14 bits per heavy atom. The van der Waals surface area contributed by atoms with E-state index in [0.29, 0.717) is 6.04 Å². The Labute approximate surface area is 127 Å². The quantitative estimate of drug-likeness (QED) is 0.831. The van der Waals surface area contributed by atoms with Gasteiger partial charge in [-0.25, -0.2) is 0 Å². The van der Waals surface area contributed by atoms with Crippen molar-refractivity contribution in [3.63, 3.8) is 0 Å². The van der Waals surface area contributed by atoms with E-state index in [-0.39, 0.29) is 5.54 Å². The van der Waals surface area contributed by atoms with Crippen molar-refractivity contribution in [2.45, 2.75) is 44.2 Å². The van der Waals surface area contributed by atoms with Crippen LogP contribution in [0.4, 0.5) is 11.4 Å². The van der Waals surface area contributed by atoms with Crippen molar-refractivity contribution < 1.29 is 0 Å². The summed E-state index contributed by atoms with van der Waals surface area (Å²) in [5.74, 6) is 0. The maximum Gasteiger partial charge on any atom is 0.0546 e. The smallest absolute Gasteiger partial charge is 0.0546 e. The minimum atomic E-state index is 0.0927. The van der Waals surface area contributed by atoms with Crippen LogP contribution in [0, 0.1) is 0 Å². The SMILES string of the molecule is CC1(Nc2ccccc2)CCCCC1Nc1ccccc1. The summed E-state index contributed by atoms with van der Waals surface area (Å²) in [5, 5.41) is 7.49. The Balaban J connectivity index is 1.77. The Hall–Kier alpha value is -1.96. The van der Waals surface area contributed by atoms with Gasteiger partial charge in [0.25, 0.3) is 0 Å². The molecule has 110 valence electrons. The predicted molar refractivity (Wildman–Crippen MR) is 90.8 cm³/mol. The fraction of sp³-hybridized carbons (Fsp3) is 0.368. The molecule has 2 heteroatoms. The highest BCUT2D eigenvalue weighted by molar-refractivity contribution is 5.49. The highest BCUT2D eigenvalue weighted by atomic mass is 15.1. The maximum absolute atomic E-state index is 3.77. The normalized spacial score (nSPS) is 25.3. The minimum absolute atomic E-state index is 0.0927. The summed E-state index contributed by atoms with van der Waals surface area (Å²) in [6.07, 6.45) is 5.01. The van der Waals surface area contributed by atoms with E-state index in [2.05, 4.69) is 78.2 Å². The van der Waals surface area contributed by atoms with E-state index >= 15 is 0 Å². The van der Waals surface area contributed by atoms with Gasteiger partial charge in [-0.15, -0.1) is 0 Å². The molecule has 1 saturated carbocycles. The zero-order valence-electron chi connectivity index (χ0n) is 12.7. The minimum Gasteiger partial charge on any atom is -0.380 e. The number of benzene rings is 2. The first-order chi connectivity index (χ1) is 10.3. The van der Waals surface area contributed by atoms with E-state index in [1.165, 1.54) is 37.1 Å². The molecule has 0 amide bonds. The summed E-state index contributed by atoms with van der Waals surface area (Å²) in [5.41, 5.74) is 2.52. The van der Waals surface area contributed by atoms with Gasteiger partial charge >= 0.3 is 0 Å². The van der Waals surface area contributed by atoms with E-state index in [4.69, 9.17) is 0 Å². The third-order valence-electron chi connectivity index (χ3n) is 4.53. The molecule has 3 rings (SSSR count). The van der Waals surface area contributed by atoms with Crippen molar-refractivity contribution in [1.82, 2.24) is 0 Å². The van der Waals surface area contributed by atoms with Crippen LogP contribution in [-0.4, -0.2) is 11.6 Å². The van der Waals surface area contributed by atoms with Gasteiger partial charge in [-0.05, 0) is 44.0 Å². The summed E-state index contributed by atoms with van der Waals surface area (Å²) in [6.45, 7) is 2.35. The molecule has 1 aliphatic carbocycles. The first-order valence-electron chi connectivity index (χ1n) is 7.91. The number of anilines is 2. The van der Waals surface area contributed by atoms with Crippen LogP contribution in [0.15, 0.2) is 60.7 Å². The van der Waals surface area contributed by atoms with Crippen LogP contribution in [0.5, 0.6) is 0 Å². The van der Waals surface area contributed by atoms with Gasteiger partial charge < -0.3 is 10.6 Å². The third-order valence-corrected chi connectivity index (χ3v) is 4.53. The van der Waals surface area contributed by atoms with Gasteiger partial charge in [0.1, 0.15) is 0 Å². The number of nitrogens with one attached hydrogen (secondary N) is 2. The van der Waals surface area contributed by atoms with E-state index in [1.54, 1.807) is 0 Å². The average molecular weight is 280 g/mol. The summed E-state index contributed by atoms with van der Waals surface area (Å²) in [6, 6.07) is 21.5. The summed E-state index contributed by atoms with van der Waals surface area (Å²) in [4.78, 5) is 0. The van der Waals surface area contributed by atoms with Crippen LogP contribution in [0.1, 0.15) is 32.6 Å². The van der Waals surface area contributed by atoms with Crippen molar-refractivity contribution in [2.24, 2.45) is 0 Å². The van der Waals surface area contributed by atoms with Crippen LogP contribution in [0.25, 0.3) is 0 Å². The van der Waals surface area contributed by atoms with Crippen molar-refractivity contribution in [3.8, 4) is 0 Å². The first-order valence-corrected chi connectivity index (χ1v) is 7.91. The molecule has 0 aromatic heterocycles. The molecule has 0 heterocycles. The van der Waals surface area contributed by atoms with Gasteiger partial charge in [0.15, 0.2) is 0 Å². The lowest BCUT2D eigenvalue weighted by atomic mass is 9.78. The van der Waals surface area contributed by atoms with E-state index in [0.717, 1.165) is 0 Å². The summed E-state index contributed by atoms with van der Waals surface area (Å²) >= 11 is 0. The lowest BCUT2D eigenvalue weighted by molar-refractivity contribution is 0.317. The van der Waals surface area contributed by atoms with Gasteiger partial charge in [0.2, 0.25) is 0 Å². The lowest BCUT2D eigenvalue weighted by Crippen LogP contribution is -2.52. The van der Waals surface area contributed by atoms with E-state index in [9.17, 15) is 0 Å². The lowest BCUT2D eigenvalue weighted by Gasteiger charge is -2.43. The topological polar surface area (TPSA) is 24.1 Å². The molecule has 2 nitrogen and oxygen atoms in total. The molecule has 0 spiro atoms. The van der Waals surface area contributed by atoms with Gasteiger partial charge in [-0.2, -0.15) is 0 Å². The van der Waals surface area contributed by atoms with Crippen molar-refractivity contribution in [2.75, 3.05) is 10.6 Å². The molecular weight excluding hydrogens is 256 g/mol. The Kier molecular flexibility index (Phi) is 4.14. The second-order valence-corrected chi connectivity index (χ2v) is 6.22. The standard InChI is InChI=1S/C19H24N2/c1-19(21-17-12-6-3-7-13-17)15-9-8-14-18(19)20-16-10-4-2-5-11-16/h2-7,10-13,18,20-21H,8-9,14-15H2,1H3. The molecule has 21 heavy (non-hydrogen) atoms. The Morgan fingerprint density at radius 1 is 0.857 bits per heavy atom. The molecule has 2 aromatic carbocycles. The van der Waals surface area contributed by atoms with Crippen molar-refractivity contribution >= 4 is 11.4 Å². The molecular formula is C19H24N2. The second kappa shape index (κ2) is 6.21. The number of hydrogen-bond donors (Lipinski definition) is 2. The van der Waals surface area contributed by atoms with Crippen LogP contribution in [0.2, 0.25) is 0 Å². The monoisotopic (exact) mass is 280 g/mol. The fourth-order valence-corrected chi connectivity index (χ4v) is 3.30. The predicted octanol–water partition coefficient (Wildman–Crippen LogP) is 4.91. The van der Waals surface area contributed by atoms with Crippen LogP contribution >= 0.6 is 0 Å². The molecule has 2 atom stereocenters. The molecule has 0 radical (unpaired) electrons. The zero-order chi connectivity index (χ0) is 14.5. The number of hydrogen-bond acceptors (Lipinski definition) is 2. The second-order valence-electron chi connectivity index (χ2n) is 6.22. The molecule has 0 bridgehead atoms. The third kappa shape index (κ3) is 3.38. The molecule has 0 saturated heterocycles. The highest BCUT2D eigenvalue weighted by Crippen LogP contribution is 2.33. The van der Waals surface area contributed by atoms with Crippen molar-refractivity contribution in [1.29, 1.82) is 0 Å². The fourth-order valence-electron chi connectivity index (χ4n) is 3.30. The maximum atomic E-state index is 3.77. The van der Waals surface area contributed by atoms with Crippen LogP contribution in [0.3, 0.4) is 0 Å². The molecule has 1 fully saturated rings. The number of rotatable bonds is 4. The van der Waals surface area contributed by atoms with E-state index in [1.807, 2.05) is 0 Å². The first kappa shape index (κ1) is 14.0. The van der Waals surface area contributed by atoms with E-state index < -0.39 is 0 Å². The summed E-state index contributed by atoms with van der Waals surface area (Å²) < 4.78 is 0. The van der Waals surface area contributed by atoms with Gasteiger partial charge in [0, 0.05) is 17.4 Å². The highest BCUT2D eigenvalue weighted by Gasteiger charge is 2.36. The molecule has 1 aliphatic rings. The van der Waals surface area contributed by atoms with Gasteiger partial charge in [-0.1, -0.05) is 49.2 Å². The van der Waals surface area contributed by atoms with Crippen molar-refractivity contribution in [3.05, 3.63) is 60.7 Å². The Bertz CT molecular complexity index is 552. The average Bonchev–Trinajstić information content (AvgIpc) is 2.52. The van der Waals surface area contributed by atoms with Crippen LogP contribution in [-0.2, 0) is 0 Å². The molecule has 2 N–H and O–H groups in total. The number of para-hydroxylation sites is 2. The molecule has 0 aliphatic heterocycles.